The van der Waals surface area contributed by atoms with Crippen LogP contribution in [-0.2, 0) is 4.79 Å². The Bertz CT molecular complexity index is 1330. The number of benzene rings is 2. The van der Waals surface area contributed by atoms with Gasteiger partial charge in [0.15, 0.2) is 5.82 Å². The van der Waals surface area contributed by atoms with Crippen molar-refractivity contribution < 1.29 is 9.53 Å². The number of allylic oxidation sites excluding steroid dienone is 1. The molecule has 3 heterocycles. The van der Waals surface area contributed by atoms with Crippen LogP contribution in [0.5, 0.6) is 5.75 Å². The first-order valence-corrected chi connectivity index (χ1v) is 10.5. The van der Waals surface area contributed by atoms with Crippen molar-refractivity contribution in [2.45, 2.75) is 13.0 Å². The van der Waals surface area contributed by atoms with Crippen molar-refractivity contribution in [3.8, 4) is 17.1 Å². The first-order valence-electron chi connectivity index (χ1n) is 10.5. The van der Waals surface area contributed by atoms with E-state index in [-0.39, 0.29) is 5.91 Å². The number of fused-ring (bicyclic) bond motifs is 1. The van der Waals surface area contributed by atoms with Crippen molar-refractivity contribution in [2.24, 2.45) is 0 Å². The molecule has 33 heavy (non-hydrogen) atoms. The van der Waals surface area contributed by atoms with E-state index in [9.17, 15) is 4.79 Å². The summed E-state index contributed by atoms with van der Waals surface area (Å²) in [4.78, 5) is 22.4. The smallest absolute Gasteiger partial charge is 0.255 e. The molecule has 0 aliphatic carbocycles. The van der Waals surface area contributed by atoms with Crippen molar-refractivity contribution in [1.29, 1.82) is 0 Å². The van der Waals surface area contributed by atoms with Crippen LogP contribution in [0, 0.1) is 0 Å². The second kappa shape index (κ2) is 8.58. The minimum Gasteiger partial charge on any atom is -0.495 e. The first kappa shape index (κ1) is 20.4. The van der Waals surface area contributed by atoms with Crippen molar-refractivity contribution in [3.63, 3.8) is 0 Å². The van der Waals surface area contributed by atoms with Crippen molar-refractivity contribution >= 4 is 17.5 Å². The van der Waals surface area contributed by atoms with Crippen molar-refractivity contribution in [3.05, 3.63) is 96.0 Å². The van der Waals surface area contributed by atoms with Crippen LogP contribution >= 0.6 is 0 Å². The molecule has 0 radical (unpaired) electrons. The van der Waals surface area contributed by atoms with Gasteiger partial charge in [0.2, 0.25) is 5.95 Å². The summed E-state index contributed by atoms with van der Waals surface area (Å²) >= 11 is 0. The topological polar surface area (TPSA) is 94.0 Å². The highest BCUT2D eigenvalue weighted by Crippen LogP contribution is 2.37. The van der Waals surface area contributed by atoms with E-state index >= 15 is 0 Å². The van der Waals surface area contributed by atoms with Crippen molar-refractivity contribution in [1.82, 2.24) is 19.7 Å². The SMILES string of the molecule is COc1ccccc1NC(=O)C1=C(C)Nc2nc(-c3cccnc3)nn2[C@H]1c1ccccc1. The van der Waals surface area contributed by atoms with E-state index in [0.717, 1.165) is 11.1 Å². The predicted octanol–water partition coefficient (Wildman–Crippen LogP) is 4.28. The zero-order chi connectivity index (χ0) is 22.8. The lowest BCUT2D eigenvalue weighted by atomic mass is 9.95. The van der Waals surface area contributed by atoms with E-state index in [1.165, 1.54) is 0 Å². The molecule has 8 nitrogen and oxygen atoms in total. The number of rotatable bonds is 5. The number of para-hydroxylation sites is 2. The molecule has 0 spiro atoms. The number of methoxy groups -OCH3 is 1. The fraction of sp³-hybridized carbons (Fsp3) is 0.120. The number of nitrogens with zero attached hydrogens (tertiary/aromatic N) is 4. The molecular formula is C25H22N6O2. The van der Waals surface area contributed by atoms with Gasteiger partial charge in [-0.25, -0.2) is 4.68 Å². The molecule has 5 rings (SSSR count). The third kappa shape index (κ3) is 3.82. The summed E-state index contributed by atoms with van der Waals surface area (Å²) in [6.45, 7) is 1.87. The van der Waals surface area contributed by atoms with E-state index in [4.69, 9.17) is 9.84 Å². The van der Waals surface area contributed by atoms with E-state index < -0.39 is 6.04 Å². The molecule has 1 amide bonds. The van der Waals surface area contributed by atoms with E-state index in [0.29, 0.717) is 34.5 Å². The molecular weight excluding hydrogens is 416 g/mol. The molecule has 0 saturated carbocycles. The average molecular weight is 438 g/mol. The lowest BCUT2D eigenvalue weighted by Gasteiger charge is -2.28. The Morgan fingerprint density at radius 3 is 2.61 bits per heavy atom. The molecule has 164 valence electrons. The summed E-state index contributed by atoms with van der Waals surface area (Å²) in [7, 11) is 1.58. The maximum atomic E-state index is 13.6. The Balaban J connectivity index is 1.59. The first-order chi connectivity index (χ1) is 16.2. The molecule has 4 aromatic rings. The van der Waals surface area contributed by atoms with Crippen LogP contribution in [0.3, 0.4) is 0 Å². The number of aromatic nitrogens is 4. The molecule has 1 aliphatic rings. The largest absolute Gasteiger partial charge is 0.495 e. The summed E-state index contributed by atoms with van der Waals surface area (Å²) in [5.74, 6) is 1.44. The standard InChI is InChI=1S/C25H22N6O2/c1-16-21(24(32)28-19-12-6-7-13-20(19)33-2)22(17-9-4-3-5-10-17)31-25(27-16)29-23(30-31)18-11-8-14-26-15-18/h3-15,22H,1-2H3,(H,28,32)(H,27,29,30)/t22-/m0/s1. The van der Waals surface area contributed by atoms with Gasteiger partial charge in [0.25, 0.3) is 5.91 Å². The van der Waals surface area contributed by atoms with Gasteiger partial charge in [-0.2, -0.15) is 4.98 Å². The zero-order valence-electron chi connectivity index (χ0n) is 18.2. The zero-order valence-corrected chi connectivity index (χ0v) is 18.2. The minimum atomic E-state index is -0.463. The number of amides is 1. The molecule has 0 fully saturated rings. The number of carbonyl (C=O) groups excluding carboxylic acids is 1. The third-order valence-corrected chi connectivity index (χ3v) is 5.49. The summed E-state index contributed by atoms with van der Waals surface area (Å²) in [5, 5.41) is 11.0. The number of anilines is 2. The molecule has 1 atom stereocenters. The fourth-order valence-electron chi connectivity index (χ4n) is 3.94. The third-order valence-electron chi connectivity index (χ3n) is 5.49. The number of ether oxygens (including phenoxy) is 1. The number of hydrogen-bond donors (Lipinski definition) is 2. The van der Waals surface area contributed by atoms with Crippen LogP contribution in [0.4, 0.5) is 11.6 Å². The maximum absolute atomic E-state index is 13.6. The van der Waals surface area contributed by atoms with E-state index in [1.807, 2.05) is 67.6 Å². The average Bonchev–Trinajstić information content (AvgIpc) is 3.28. The summed E-state index contributed by atoms with van der Waals surface area (Å²) in [6, 6.07) is 20.4. The number of nitrogens with one attached hydrogen (secondary N) is 2. The minimum absolute atomic E-state index is 0.248. The Hall–Kier alpha value is -4.46. The summed E-state index contributed by atoms with van der Waals surface area (Å²) in [5.41, 5.74) is 3.56. The van der Waals surface area contributed by atoms with Gasteiger partial charge in [-0.3, -0.25) is 9.78 Å². The fourth-order valence-corrected chi connectivity index (χ4v) is 3.94. The van der Waals surface area contributed by atoms with Gasteiger partial charge < -0.3 is 15.4 Å². The second-order valence-electron chi connectivity index (χ2n) is 7.58. The van der Waals surface area contributed by atoms with Crippen LogP contribution in [0.1, 0.15) is 18.5 Å². The van der Waals surface area contributed by atoms with E-state index in [1.54, 1.807) is 30.3 Å². The highest BCUT2D eigenvalue weighted by Gasteiger charge is 2.34. The predicted molar refractivity (Wildman–Crippen MR) is 126 cm³/mol. The van der Waals surface area contributed by atoms with Crippen LogP contribution in [0.2, 0.25) is 0 Å². The highest BCUT2D eigenvalue weighted by atomic mass is 16.5. The normalized spacial score (nSPS) is 14.9. The monoisotopic (exact) mass is 438 g/mol. The summed E-state index contributed by atoms with van der Waals surface area (Å²) < 4.78 is 7.15. The maximum Gasteiger partial charge on any atom is 0.255 e. The Labute approximate surface area is 191 Å². The molecule has 2 aromatic carbocycles. The van der Waals surface area contributed by atoms with Crippen LogP contribution in [0.15, 0.2) is 90.4 Å². The number of hydrogen-bond acceptors (Lipinski definition) is 6. The van der Waals surface area contributed by atoms with Gasteiger partial charge in [-0.15, -0.1) is 5.10 Å². The highest BCUT2D eigenvalue weighted by molar-refractivity contribution is 6.06. The van der Waals surface area contributed by atoms with Gasteiger partial charge >= 0.3 is 0 Å². The Morgan fingerprint density at radius 1 is 1.06 bits per heavy atom. The molecule has 8 heteroatoms. The Kier molecular flexibility index (Phi) is 5.32. The van der Waals surface area contributed by atoms with Crippen LogP contribution in [-0.4, -0.2) is 32.8 Å². The van der Waals surface area contributed by atoms with Gasteiger partial charge in [-0.05, 0) is 36.8 Å². The lowest BCUT2D eigenvalue weighted by molar-refractivity contribution is -0.113. The van der Waals surface area contributed by atoms with Gasteiger partial charge in [0.05, 0.1) is 18.4 Å². The molecule has 1 aliphatic heterocycles. The van der Waals surface area contributed by atoms with Crippen molar-refractivity contribution in [2.75, 3.05) is 17.7 Å². The lowest BCUT2D eigenvalue weighted by Crippen LogP contribution is -2.31. The van der Waals surface area contributed by atoms with Crippen LogP contribution in [0.25, 0.3) is 11.4 Å². The molecule has 0 bridgehead atoms. The second-order valence-corrected chi connectivity index (χ2v) is 7.58. The quantitative estimate of drug-likeness (QED) is 0.483. The van der Waals surface area contributed by atoms with Gasteiger partial charge in [0, 0.05) is 23.7 Å². The number of pyridine rings is 1. The summed E-state index contributed by atoms with van der Waals surface area (Å²) in [6.07, 6.45) is 3.42. The molecule has 2 aromatic heterocycles. The Morgan fingerprint density at radius 2 is 1.85 bits per heavy atom. The van der Waals surface area contributed by atoms with Crippen LogP contribution < -0.4 is 15.4 Å². The van der Waals surface area contributed by atoms with Gasteiger partial charge in [0.1, 0.15) is 11.8 Å². The number of carbonyl (C=O) groups is 1. The van der Waals surface area contributed by atoms with Gasteiger partial charge in [-0.1, -0.05) is 42.5 Å². The molecule has 0 saturated heterocycles. The molecule has 0 unspecified atom stereocenters. The molecule has 2 N–H and O–H groups in total. The van der Waals surface area contributed by atoms with E-state index in [2.05, 4.69) is 20.6 Å².